The Morgan fingerprint density at radius 1 is 1.07 bits per heavy atom. The second-order valence-electron chi connectivity index (χ2n) is 5.01. The average molecular weight is 198 g/mol. The van der Waals surface area contributed by atoms with Gasteiger partial charge in [-0.25, -0.2) is 0 Å². The van der Waals surface area contributed by atoms with E-state index in [4.69, 9.17) is 0 Å². The predicted octanol–water partition coefficient (Wildman–Crippen LogP) is 4.35. The molecule has 0 aromatic heterocycles. The van der Waals surface area contributed by atoms with Gasteiger partial charge in [-0.3, -0.25) is 4.79 Å². The van der Waals surface area contributed by atoms with Crippen molar-refractivity contribution in [1.82, 2.24) is 0 Å². The SMILES string of the molecule is CCCC(C)(C)CCCCC(=O)CC. The van der Waals surface area contributed by atoms with Crippen LogP contribution < -0.4 is 0 Å². The zero-order chi connectivity index (χ0) is 11.0. The average Bonchev–Trinajstić information content (AvgIpc) is 2.12. The van der Waals surface area contributed by atoms with E-state index < -0.39 is 0 Å². The van der Waals surface area contributed by atoms with Crippen molar-refractivity contribution in [2.75, 3.05) is 0 Å². The van der Waals surface area contributed by atoms with Crippen LogP contribution in [0.5, 0.6) is 0 Å². The van der Waals surface area contributed by atoms with Crippen LogP contribution in [0.4, 0.5) is 0 Å². The van der Waals surface area contributed by atoms with Gasteiger partial charge in [0.25, 0.3) is 0 Å². The summed E-state index contributed by atoms with van der Waals surface area (Å²) < 4.78 is 0. The Hall–Kier alpha value is -0.330. The molecule has 0 atom stereocenters. The van der Waals surface area contributed by atoms with Crippen LogP contribution in [0, 0.1) is 5.41 Å². The zero-order valence-corrected chi connectivity index (χ0v) is 10.4. The minimum absolute atomic E-state index is 0.415. The summed E-state index contributed by atoms with van der Waals surface area (Å²) in [5.74, 6) is 0.415. The molecule has 1 nitrogen and oxygen atoms in total. The first kappa shape index (κ1) is 13.7. The minimum Gasteiger partial charge on any atom is -0.300 e. The van der Waals surface area contributed by atoms with Crippen LogP contribution in [-0.4, -0.2) is 5.78 Å². The van der Waals surface area contributed by atoms with E-state index in [0.717, 1.165) is 12.8 Å². The first-order valence-electron chi connectivity index (χ1n) is 6.03. The molecule has 0 N–H and O–H groups in total. The van der Waals surface area contributed by atoms with E-state index in [9.17, 15) is 4.79 Å². The third-order valence-corrected chi connectivity index (χ3v) is 2.88. The smallest absolute Gasteiger partial charge is 0.132 e. The lowest BCUT2D eigenvalue weighted by atomic mass is 9.83. The van der Waals surface area contributed by atoms with Gasteiger partial charge in [-0.15, -0.1) is 0 Å². The van der Waals surface area contributed by atoms with Gasteiger partial charge < -0.3 is 0 Å². The molecular formula is C13H26O. The molecule has 0 rings (SSSR count). The molecule has 84 valence electrons. The van der Waals surface area contributed by atoms with Gasteiger partial charge in [0.2, 0.25) is 0 Å². The topological polar surface area (TPSA) is 17.1 Å². The summed E-state index contributed by atoms with van der Waals surface area (Å²) in [4.78, 5) is 11.1. The number of hydrogen-bond acceptors (Lipinski definition) is 1. The third-order valence-electron chi connectivity index (χ3n) is 2.88. The van der Waals surface area contributed by atoms with Crippen LogP contribution in [0.3, 0.4) is 0 Å². The Bertz CT molecular complexity index is 159. The van der Waals surface area contributed by atoms with Gasteiger partial charge in [-0.2, -0.15) is 0 Å². The van der Waals surface area contributed by atoms with Crippen LogP contribution in [-0.2, 0) is 4.79 Å². The summed E-state index contributed by atoms with van der Waals surface area (Å²) >= 11 is 0. The van der Waals surface area contributed by atoms with E-state index in [-0.39, 0.29) is 0 Å². The lowest BCUT2D eigenvalue weighted by Crippen LogP contribution is -2.10. The molecule has 1 heteroatoms. The summed E-state index contributed by atoms with van der Waals surface area (Å²) in [6, 6.07) is 0. The van der Waals surface area contributed by atoms with E-state index in [2.05, 4.69) is 20.8 Å². The van der Waals surface area contributed by atoms with Gasteiger partial charge in [0.1, 0.15) is 5.78 Å². The zero-order valence-electron chi connectivity index (χ0n) is 10.4. The molecule has 0 bridgehead atoms. The Balaban J connectivity index is 3.48. The normalized spacial score (nSPS) is 11.7. The number of Topliss-reactive ketones (excluding diaryl/α,β-unsaturated/α-hetero) is 1. The number of hydrogen-bond donors (Lipinski definition) is 0. The molecular weight excluding hydrogens is 172 g/mol. The quantitative estimate of drug-likeness (QED) is 0.530. The van der Waals surface area contributed by atoms with E-state index in [1.807, 2.05) is 6.92 Å². The van der Waals surface area contributed by atoms with Crippen molar-refractivity contribution in [3.63, 3.8) is 0 Å². The minimum atomic E-state index is 0.415. The van der Waals surface area contributed by atoms with Gasteiger partial charge in [-0.1, -0.05) is 40.5 Å². The first-order chi connectivity index (χ1) is 6.52. The number of ketones is 1. The maximum absolute atomic E-state index is 11.1. The van der Waals surface area contributed by atoms with Crippen LogP contribution in [0.2, 0.25) is 0 Å². The van der Waals surface area contributed by atoms with E-state index in [1.165, 1.54) is 25.7 Å². The van der Waals surface area contributed by atoms with Crippen LogP contribution in [0.15, 0.2) is 0 Å². The van der Waals surface area contributed by atoms with Gasteiger partial charge in [0.05, 0.1) is 0 Å². The standard InChI is InChI=1S/C13H26O/c1-5-10-13(3,4)11-8-7-9-12(14)6-2/h5-11H2,1-4H3. The predicted molar refractivity (Wildman–Crippen MR) is 62.5 cm³/mol. The summed E-state index contributed by atoms with van der Waals surface area (Å²) in [5.41, 5.74) is 0.476. The van der Waals surface area contributed by atoms with Crippen LogP contribution in [0.25, 0.3) is 0 Å². The number of carbonyl (C=O) groups is 1. The van der Waals surface area contributed by atoms with Crippen molar-refractivity contribution in [2.24, 2.45) is 5.41 Å². The van der Waals surface area contributed by atoms with Crippen molar-refractivity contribution in [1.29, 1.82) is 0 Å². The van der Waals surface area contributed by atoms with Crippen molar-refractivity contribution in [2.45, 2.75) is 72.6 Å². The highest BCUT2D eigenvalue weighted by molar-refractivity contribution is 5.77. The summed E-state index contributed by atoms with van der Waals surface area (Å²) in [7, 11) is 0. The molecule has 0 amide bonds. The molecule has 0 radical (unpaired) electrons. The lowest BCUT2D eigenvalue weighted by molar-refractivity contribution is -0.118. The van der Waals surface area contributed by atoms with Gasteiger partial charge in [-0.05, 0) is 24.7 Å². The molecule has 0 aliphatic heterocycles. The fraction of sp³-hybridized carbons (Fsp3) is 0.923. The molecule has 0 aromatic carbocycles. The maximum atomic E-state index is 11.1. The van der Waals surface area contributed by atoms with Crippen molar-refractivity contribution < 1.29 is 4.79 Å². The number of unbranched alkanes of at least 4 members (excludes halogenated alkanes) is 1. The largest absolute Gasteiger partial charge is 0.300 e. The Kier molecular flexibility index (Phi) is 6.86. The monoisotopic (exact) mass is 198 g/mol. The molecule has 0 heterocycles. The Morgan fingerprint density at radius 2 is 1.71 bits per heavy atom. The molecule has 0 fully saturated rings. The van der Waals surface area contributed by atoms with Crippen molar-refractivity contribution in [3.05, 3.63) is 0 Å². The van der Waals surface area contributed by atoms with E-state index >= 15 is 0 Å². The summed E-state index contributed by atoms with van der Waals surface area (Å²) in [6.45, 7) is 8.85. The second-order valence-corrected chi connectivity index (χ2v) is 5.01. The third kappa shape index (κ3) is 7.11. The molecule has 0 unspecified atom stereocenters. The fourth-order valence-electron chi connectivity index (χ4n) is 1.90. The molecule has 14 heavy (non-hydrogen) atoms. The van der Waals surface area contributed by atoms with E-state index in [0.29, 0.717) is 17.6 Å². The Labute approximate surface area is 89.3 Å². The van der Waals surface area contributed by atoms with Crippen molar-refractivity contribution >= 4 is 5.78 Å². The molecule has 0 aliphatic carbocycles. The summed E-state index contributed by atoms with van der Waals surface area (Å²) in [5, 5.41) is 0. The summed E-state index contributed by atoms with van der Waals surface area (Å²) in [6.07, 6.45) is 7.61. The van der Waals surface area contributed by atoms with Gasteiger partial charge in [0, 0.05) is 12.8 Å². The number of carbonyl (C=O) groups excluding carboxylic acids is 1. The van der Waals surface area contributed by atoms with Crippen LogP contribution in [0.1, 0.15) is 72.6 Å². The highest BCUT2D eigenvalue weighted by atomic mass is 16.1. The maximum Gasteiger partial charge on any atom is 0.132 e. The lowest BCUT2D eigenvalue weighted by Gasteiger charge is -2.23. The molecule has 0 aromatic rings. The van der Waals surface area contributed by atoms with Gasteiger partial charge >= 0.3 is 0 Å². The van der Waals surface area contributed by atoms with Gasteiger partial charge in [0.15, 0.2) is 0 Å². The fourth-order valence-corrected chi connectivity index (χ4v) is 1.90. The van der Waals surface area contributed by atoms with Crippen LogP contribution >= 0.6 is 0 Å². The molecule has 0 spiro atoms. The highest BCUT2D eigenvalue weighted by Crippen LogP contribution is 2.28. The highest BCUT2D eigenvalue weighted by Gasteiger charge is 2.15. The molecule has 0 saturated carbocycles. The van der Waals surface area contributed by atoms with E-state index in [1.54, 1.807) is 0 Å². The molecule has 0 saturated heterocycles. The van der Waals surface area contributed by atoms with Crippen molar-refractivity contribution in [3.8, 4) is 0 Å². The number of rotatable bonds is 8. The first-order valence-corrected chi connectivity index (χ1v) is 6.03. The second kappa shape index (κ2) is 7.03. The molecule has 0 aliphatic rings. The Morgan fingerprint density at radius 3 is 2.21 bits per heavy atom.